The Bertz CT molecular complexity index is 1260. The maximum atomic E-state index is 14.9. The number of unbranched alkanes of at least 4 members (excludes halogenated alkanes) is 2. The molecule has 0 aromatic heterocycles. The van der Waals surface area contributed by atoms with Crippen LogP contribution in [-0.4, -0.2) is 86.0 Å². The minimum Gasteiger partial charge on any atom is -0.494 e. The zero-order chi connectivity index (χ0) is 29.4. The molecule has 0 bridgehead atoms. The molecule has 0 fully saturated rings. The number of hydrogen-bond donors (Lipinski definition) is 4. The second-order valence-electron chi connectivity index (χ2n) is 10.2. The van der Waals surface area contributed by atoms with Gasteiger partial charge < -0.3 is 30.7 Å². The molecular formula is C29H38F2N6O4. The van der Waals surface area contributed by atoms with Gasteiger partial charge in [0.05, 0.1) is 32.8 Å². The molecule has 2 heterocycles. The number of carbonyl (C=O) groups is 2. The molecule has 0 saturated carbocycles. The van der Waals surface area contributed by atoms with Gasteiger partial charge in [0.15, 0.2) is 23.3 Å². The summed E-state index contributed by atoms with van der Waals surface area (Å²) in [4.78, 5) is 34.6. The molecule has 1 amide bonds. The van der Waals surface area contributed by atoms with Gasteiger partial charge in [0, 0.05) is 30.3 Å². The second-order valence-corrected chi connectivity index (χ2v) is 10.2. The van der Waals surface area contributed by atoms with E-state index in [2.05, 4.69) is 25.9 Å². The average molecular weight is 573 g/mol. The highest BCUT2D eigenvalue weighted by Crippen LogP contribution is 2.37. The molecule has 1 aliphatic carbocycles. The summed E-state index contributed by atoms with van der Waals surface area (Å²) in [6, 6.07) is 5.23. The summed E-state index contributed by atoms with van der Waals surface area (Å²) in [5.41, 5.74) is 2.26. The van der Waals surface area contributed by atoms with Crippen molar-refractivity contribution in [3.63, 3.8) is 0 Å². The molecule has 0 spiro atoms. The zero-order valence-corrected chi connectivity index (χ0v) is 23.5. The lowest BCUT2D eigenvalue weighted by Crippen LogP contribution is -2.49. The predicted molar refractivity (Wildman–Crippen MR) is 154 cm³/mol. The van der Waals surface area contributed by atoms with Crippen LogP contribution in [0.15, 0.2) is 51.7 Å². The van der Waals surface area contributed by atoms with Gasteiger partial charge >= 0.3 is 5.97 Å². The molecule has 0 radical (unpaired) electrons. The van der Waals surface area contributed by atoms with Crippen LogP contribution in [0, 0.1) is 5.92 Å². The highest BCUT2D eigenvalue weighted by Gasteiger charge is 2.41. The molecule has 2 atom stereocenters. The maximum Gasteiger partial charge on any atom is 0.317 e. The van der Waals surface area contributed by atoms with Crippen molar-refractivity contribution >= 4 is 29.2 Å². The molecular weight excluding hydrogens is 534 g/mol. The molecule has 222 valence electrons. The van der Waals surface area contributed by atoms with Crippen molar-refractivity contribution in [3.8, 4) is 0 Å². The highest BCUT2D eigenvalue weighted by molar-refractivity contribution is 6.45. The van der Waals surface area contributed by atoms with Crippen LogP contribution in [-0.2, 0) is 16.0 Å². The van der Waals surface area contributed by atoms with Crippen molar-refractivity contribution in [1.82, 2.24) is 15.5 Å². The minimum atomic E-state index is -0.942. The normalized spacial score (nSPS) is 20.2. The monoisotopic (exact) mass is 572 g/mol. The second kappa shape index (κ2) is 14.2. The molecule has 4 rings (SSSR count). The molecule has 1 aromatic rings. The van der Waals surface area contributed by atoms with Crippen molar-refractivity contribution in [2.45, 2.75) is 45.1 Å². The number of allylic oxidation sites excluding steroid dienone is 2. The number of methoxy groups -OCH3 is 1. The zero-order valence-electron chi connectivity index (χ0n) is 23.5. The fourth-order valence-electron chi connectivity index (χ4n) is 5.36. The third kappa shape index (κ3) is 7.29. The van der Waals surface area contributed by atoms with Gasteiger partial charge in [-0.25, -0.2) is 8.78 Å². The molecule has 2 unspecified atom stereocenters. The minimum absolute atomic E-state index is 0.0469. The number of nitrogens with one attached hydrogen (secondary N) is 3. The van der Waals surface area contributed by atoms with Crippen LogP contribution in [0.2, 0.25) is 0 Å². The van der Waals surface area contributed by atoms with Gasteiger partial charge in [-0.3, -0.25) is 19.6 Å². The topological polar surface area (TPSA) is 128 Å². The number of amides is 1. The Hall–Kier alpha value is -3.80. The first-order valence-corrected chi connectivity index (χ1v) is 14.1. The number of nitrogens with zero attached hydrogens (tertiary/aromatic N) is 3. The van der Waals surface area contributed by atoms with E-state index in [4.69, 9.17) is 9.84 Å². The number of carbonyl (C=O) groups excluding carboxylic acids is 1. The van der Waals surface area contributed by atoms with Crippen LogP contribution in [0.4, 0.5) is 14.5 Å². The number of rotatable bonds is 13. The van der Waals surface area contributed by atoms with Crippen LogP contribution in [0.25, 0.3) is 0 Å². The van der Waals surface area contributed by atoms with Crippen molar-refractivity contribution < 1.29 is 28.2 Å². The van der Waals surface area contributed by atoms with E-state index in [1.807, 2.05) is 24.0 Å². The van der Waals surface area contributed by atoms with E-state index in [-0.39, 0.29) is 24.3 Å². The molecule has 2 aliphatic heterocycles. The SMILES string of the molecule is CCc1cc(NC2=NCCN3C2=NCC3C2CC=C(OC)C(F)=C2F)ccc1C(=O)NCCCCCNCC(=O)O. The number of benzene rings is 1. The first-order chi connectivity index (χ1) is 19.8. The van der Waals surface area contributed by atoms with Crippen LogP contribution in [0.5, 0.6) is 0 Å². The third-order valence-corrected chi connectivity index (χ3v) is 7.50. The standard InChI is InChI=1S/C29H38F2N6O4/c1-3-18-15-19(7-8-20(18)29(40)34-12-6-4-5-11-32-17-24(38)39)36-27-28-35-16-22(37(28)14-13-33-27)21-9-10-23(41-2)26(31)25(21)30/h7-8,10,15,21-22,32H,3-6,9,11-14,16-17H2,1-2H3,(H,33,36)(H,34,40)(H,38,39). The Morgan fingerprint density at radius 2 is 1.98 bits per heavy atom. The average Bonchev–Trinajstić information content (AvgIpc) is 3.40. The number of carboxylic acids is 1. The number of fused-ring (bicyclic) bond motifs is 1. The van der Waals surface area contributed by atoms with Gasteiger partial charge in [-0.1, -0.05) is 13.3 Å². The lowest BCUT2D eigenvalue weighted by atomic mass is 9.89. The fraction of sp³-hybridized carbons (Fsp3) is 0.517. The van der Waals surface area contributed by atoms with E-state index in [0.717, 1.165) is 30.5 Å². The molecule has 4 N–H and O–H groups in total. The summed E-state index contributed by atoms with van der Waals surface area (Å²) in [5, 5.41) is 17.8. The maximum absolute atomic E-state index is 14.9. The number of aryl methyl sites for hydroxylation is 1. The van der Waals surface area contributed by atoms with Gasteiger partial charge in [0.1, 0.15) is 5.83 Å². The molecule has 41 heavy (non-hydrogen) atoms. The Balaban J connectivity index is 1.32. The molecule has 10 nitrogen and oxygen atoms in total. The lowest BCUT2D eigenvalue weighted by molar-refractivity contribution is -0.135. The van der Waals surface area contributed by atoms with Gasteiger partial charge in [-0.15, -0.1) is 0 Å². The molecule has 12 heteroatoms. The summed E-state index contributed by atoms with van der Waals surface area (Å²) < 4.78 is 34.3. The smallest absolute Gasteiger partial charge is 0.317 e. The van der Waals surface area contributed by atoms with Crippen molar-refractivity contribution in [1.29, 1.82) is 0 Å². The van der Waals surface area contributed by atoms with Crippen LogP contribution >= 0.6 is 0 Å². The number of anilines is 1. The molecule has 0 saturated heterocycles. The van der Waals surface area contributed by atoms with Gasteiger partial charge in [0.25, 0.3) is 5.91 Å². The summed E-state index contributed by atoms with van der Waals surface area (Å²) >= 11 is 0. The van der Waals surface area contributed by atoms with Crippen LogP contribution < -0.4 is 16.0 Å². The number of aliphatic carboxylic acids is 1. The Morgan fingerprint density at radius 3 is 2.73 bits per heavy atom. The summed E-state index contributed by atoms with van der Waals surface area (Å²) in [6.45, 7) is 4.51. The van der Waals surface area contributed by atoms with Crippen LogP contribution in [0.3, 0.4) is 0 Å². The lowest BCUT2D eigenvalue weighted by Gasteiger charge is -2.35. The van der Waals surface area contributed by atoms with Gasteiger partial charge in [-0.05, 0) is 62.1 Å². The van der Waals surface area contributed by atoms with E-state index in [1.54, 1.807) is 12.1 Å². The van der Waals surface area contributed by atoms with Crippen molar-refractivity contribution in [2.75, 3.05) is 51.7 Å². The number of carboxylic acid groups (broad SMARTS) is 1. The number of ether oxygens (including phenoxy) is 1. The van der Waals surface area contributed by atoms with E-state index in [0.29, 0.717) is 62.8 Å². The van der Waals surface area contributed by atoms with E-state index in [9.17, 15) is 18.4 Å². The predicted octanol–water partition coefficient (Wildman–Crippen LogP) is 3.43. The highest BCUT2D eigenvalue weighted by atomic mass is 19.2. The number of amidine groups is 2. The summed E-state index contributed by atoms with van der Waals surface area (Å²) in [7, 11) is 1.33. The van der Waals surface area contributed by atoms with Gasteiger partial charge in [0.2, 0.25) is 0 Å². The fourth-order valence-corrected chi connectivity index (χ4v) is 5.36. The molecule has 1 aromatic carbocycles. The summed E-state index contributed by atoms with van der Waals surface area (Å²) in [6.07, 6.45) is 5.10. The van der Waals surface area contributed by atoms with Gasteiger partial charge in [-0.2, -0.15) is 0 Å². The van der Waals surface area contributed by atoms with E-state index < -0.39 is 23.5 Å². The Labute approximate surface area is 238 Å². The molecule has 3 aliphatic rings. The number of aliphatic imine (C=N–C) groups is 2. The van der Waals surface area contributed by atoms with Crippen molar-refractivity contribution in [3.05, 3.63) is 52.8 Å². The van der Waals surface area contributed by atoms with E-state index >= 15 is 0 Å². The first-order valence-electron chi connectivity index (χ1n) is 14.1. The van der Waals surface area contributed by atoms with E-state index in [1.165, 1.54) is 7.11 Å². The Morgan fingerprint density at radius 1 is 1.17 bits per heavy atom. The largest absolute Gasteiger partial charge is 0.494 e. The number of hydrogen-bond acceptors (Lipinski definition) is 8. The first kappa shape index (κ1) is 30.2. The quantitative estimate of drug-likeness (QED) is 0.267. The third-order valence-electron chi connectivity index (χ3n) is 7.50. The number of halogens is 2. The van der Waals surface area contributed by atoms with Crippen LogP contribution in [0.1, 0.15) is 48.5 Å². The Kier molecular flexibility index (Phi) is 10.4. The van der Waals surface area contributed by atoms with Crippen molar-refractivity contribution in [2.24, 2.45) is 15.9 Å². The summed E-state index contributed by atoms with van der Waals surface area (Å²) in [5.74, 6) is -2.25.